The van der Waals surface area contributed by atoms with Crippen molar-refractivity contribution in [1.29, 1.82) is 0 Å². The molecule has 2 N–H and O–H groups in total. The van der Waals surface area contributed by atoms with E-state index in [0.29, 0.717) is 18.0 Å². The van der Waals surface area contributed by atoms with Gasteiger partial charge in [0.1, 0.15) is 0 Å². The normalized spacial score (nSPS) is 27.9. The maximum atomic E-state index is 3.45. The summed E-state index contributed by atoms with van der Waals surface area (Å²) >= 11 is 0. The quantitative estimate of drug-likeness (QED) is 0.655. The number of piperazine rings is 1. The summed E-state index contributed by atoms with van der Waals surface area (Å²) in [7, 11) is 4.28. The Morgan fingerprint density at radius 3 is 2.62 bits per heavy atom. The van der Waals surface area contributed by atoms with Gasteiger partial charge in [-0.05, 0) is 20.0 Å². The van der Waals surface area contributed by atoms with Crippen LogP contribution < -0.4 is 10.6 Å². The molecule has 0 aromatic heterocycles. The van der Waals surface area contributed by atoms with Crippen LogP contribution in [0, 0.1) is 5.92 Å². The van der Waals surface area contributed by atoms with E-state index in [1.54, 1.807) is 0 Å². The van der Waals surface area contributed by atoms with Gasteiger partial charge in [0.25, 0.3) is 0 Å². The average molecular weight is 185 g/mol. The van der Waals surface area contributed by atoms with Crippen LogP contribution in [0.3, 0.4) is 0 Å². The Morgan fingerprint density at radius 1 is 1.46 bits per heavy atom. The summed E-state index contributed by atoms with van der Waals surface area (Å²) in [5.74, 6) is 0.692. The van der Waals surface area contributed by atoms with Crippen LogP contribution in [-0.4, -0.2) is 50.7 Å². The number of nitrogens with one attached hydrogen (secondary N) is 2. The first kappa shape index (κ1) is 11.0. The van der Waals surface area contributed by atoms with Crippen LogP contribution in [0.2, 0.25) is 0 Å². The molecule has 1 saturated heterocycles. The lowest BCUT2D eigenvalue weighted by molar-refractivity contribution is 0.140. The molecular weight excluding hydrogens is 162 g/mol. The summed E-state index contributed by atoms with van der Waals surface area (Å²) in [6.07, 6.45) is 0. The molecule has 2 unspecified atom stereocenters. The second-order valence-corrected chi connectivity index (χ2v) is 4.31. The van der Waals surface area contributed by atoms with Gasteiger partial charge in [-0.15, -0.1) is 0 Å². The van der Waals surface area contributed by atoms with Crippen molar-refractivity contribution in [3.8, 4) is 0 Å². The third kappa shape index (κ3) is 2.66. The average Bonchev–Trinajstić information content (AvgIpc) is 2.09. The van der Waals surface area contributed by atoms with E-state index >= 15 is 0 Å². The Balaban J connectivity index is 2.55. The highest BCUT2D eigenvalue weighted by Gasteiger charge is 2.28. The van der Waals surface area contributed by atoms with Crippen LogP contribution in [0.5, 0.6) is 0 Å². The van der Waals surface area contributed by atoms with Gasteiger partial charge in [-0.1, -0.05) is 13.8 Å². The van der Waals surface area contributed by atoms with Crippen LogP contribution in [0.4, 0.5) is 0 Å². The Kier molecular flexibility index (Phi) is 4.16. The molecule has 13 heavy (non-hydrogen) atoms. The first-order chi connectivity index (χ1) is 6.16. The van der Waals surface area contributed by atoms with E-state index in [4.69, 9.17) is 0 Å². The lowest BCUT2D eigenvalue weighted by atomic mass is 9.94. The fourth-order valence-corrected chi connectivity index (χ4v) is 2.20. The second kappa shape index (κ2) is 4.94. The number of nitrogens with zero attached hydrogens (tertiary/aromatic N) is 1. The molecule has 1 rings (SSSR count). The van der Waals surface area contributed by atoms with E-state index in [2.05, 4.69) is 43.5 Å². The van der Waals surface area contributed by atoms with Gasteiger partial charge in [-0.25, -0.2) is 0 Å². The molecule has 1 aliphatic heterocycles. The largest absolute Gasteiger partial charge is 0.315 e. The predicted octanol–water partition coefficient (Wildman–Crippen LogP) is 0.134. The summed E-state index contributed by atoms with van der Waals surface area (Å²) in [6, 6.07) is 1.23. The highest BCUT2D eigenvalue weighted by Crippen LogP contribution is 2.12. The van der Waals surface area contributed by atoms with E-state index in [1.807, 2.05) is 0 Å². The highest BCUT2D eigenvalue weighted by molar-refractivity contribution is 4.89. The van der Waals surface area contributed by atoms with Crippen molar-refractivity contribution in [1.82, 2.24) is 15.5 Å². The highest BCUT2D eigenvalue weighted by atomic mass is 15.2. The van der Waals surface area contributed by atoms with Gasteiger partial charge in [-0.2, -0.15) is 0 Å². The molecule has 0 aliphatic carbocycles. The molecule has 3 nitrogen and oxygen atoms in total. The summed E-state index contributed by atoms with van der Waals surface area (Å²) in [4.78, 5) is 2.46. The number of hydrogen-bond acceptors (Lipinski definition) is 3. The maximum Gasteiger partial charge on any atom is 0.0373 e. The molecule has 0 amide bonds. The van der Waals surface area contributed by atoms with E-state index in [9.17, 15) is 0 Å². The van der Waals surface area contributed by atoms with Gasteiger partial charge in [0.05, 0.1) is 0 Å². The third-order valence-electron chi connectivity index (χ3n) is 3.03. The van der Waals surface area contributed by atoms with Gasteiger partial charge >= 0.3 is 0 Å². The maximum absolute atomic E-state index is 3.45. The first-order valence-electron chi connectivity index (χ1n) is 5.25. The SMILES string of the molecule is CNC(C(C)C)C1CNCCN1C. The molecular formula is C10H23N3. The smallest absolute Gasteiger partial charge is 0.0373 e. The predicted molar refractivity (Wildman–Crippen MR) is 57.0 cm³/mol. The number of likely N-dealkylation sites (N-methyl/N-ethyl adjacent to an activating group) is 2. The standard InChI is InChI=1S/C10H23N3/c1-8(2)10(11-3)9-7-12-5-6-13(9)4/h8-12H,5-7H2,1-4H3. The van der Waals surface area contributed by atoms with E-state index in [1.165, 1.54) is 0 Å². The molecule has 0 aromatic rings. The zero-order chi connectivity index (χ0) is 9.84. The summed E-state index contributed by atoms with van der Waals surface area (Å²) in [6.45, 7) is 7.96. The van der Waals surface area contributed by atoms with Crippen molar-refractivity contribution in [2.75, 3.05) is 33.7 Å². The Bertz CT molecular complexity index is 147. The molecule has 0 saturated carbocycles. The molecule has 3 heteroatoms. The summed E-state index contributed by atoms with van der Waals surface area (Å²) in [5, 5.41) is 6.87. The van der Waals surface area contributed by atoms with Gasteiger partial charge in [-0.3, -0.25) is 4.90 Å². The molecule has 0 bridgehead atoms. The van der Waals surface area contributed by atoms with Crippen molar-refractivity contribution < 1.29 is 0 Å². The second-order valence-electron chi connectivity index (χ2n) is 4.31. The summed E-state index contributed by atoms with van der Waals surface area (Å²) < 4.78 is 0. The molecule has 78 valence electrons. The molecule has 1 heterocycles. The van der Waals surface area contributed by atoms with Gasteiger partial charge < -0.3 is 10.6 Å². The minimum absolute atomic E-state index is 0.595. The van der Waals surface area contributed by atoms with Crippen LogP contribution in [0.1, 0.15) is 13.8 Å². The van der Waals surface area contributed by atoms with Crippen molar-refractivity contribution in [2.45, 2.75) is 25.9 Å². The zero-order valence-electron chi connectivity index (χ0n) is 9.30. The number of hydrogen-bond donors (Lipinski definition) is 2. The molecule has 1 fully saturated rings. The number of rotatable bonds is 3. The lowest BCUT2D eigenvalue weighted by Crippen LogP contribution is -2.59. The minimum Gasteiger partial charge on any atom is -0.315 e. The topological polar surface area (TPSA) is 27.3 Å². The van der Waals surface area contributed by atoms with Gasteiger partial charge in [0.2, 0.25) is 0 Å². The monoisotopic (exact) mass is 185 g/mol. The van der Waals surface area contributed by atoms with E-state index < -0.39 is 0 Å². The lowest BCUT2D eigenvalue weighted by Gasteiger charge is -2.40. The molecule has 0 aromatic carbocycles. The van der Waals surface area contributed by atoms with Crippen molar-refractivity contribution in [3.63, 3.8) is 0 Å². The van der Waals surface area contributed by atoms with Crippen LogP contribution >= 0.6 is 0 Å². The van der Waals surface area contributed by atoms with Crippen LogP contribution in [0.15, 0.2) is 0 Å². The summed E-state index contributed by atoms with van der Waals surface area (Å²) in [5.41, 5.74) is 0. The molecule has 1 aliphatic rings. The minimum atomic E-state index is 0.595. The third-order valence-corrected chi connectivity index (χ3v) is 3.03. The van der Waals surface area contributed by atoms with Crippen molar-refractivity contribution in [3.05, 3.63) is 0 Å². The Labute approximate surface area is 81.9 Å². The van der Waals surface area contributed by atoms with Crippen LogP contribution in [-0.2, 0) is 0 Å². The Hall–Kier alpha value is -0.120. The Morgan fingerprint density at radius 2 is 2.15 bits per heavy atom. The van der Waals surface area contributed by atoms with Crippen molar-refractivity contribution >= 4 is 0 Å². The van der Waals surface area contributed by atoms with Crippen LogP contribution in [0.25, 0.3) is 0 Å². The fraction of sp³-hybridized carbons (Fsp3) is 1.00. The van der Waals surface area contributed by atoms with Gasteiger partial charge in [0.15, 0.2) is 0 Å². The van der Waals surface area contributed by atoms with Gasteiger partial charge in [0, 0.05) is 31.7 Å². The first-order valence-corrected chi connectivity index (χ1v) is 5.25. The van der Waals surface area contributed by atoms with Crippen molar-refractivity contribution in [2.24, 2.45) is 5.92 Å². The zero-order valence-corrected chi connectivity index (χ0v) is 9.30. The molecule has 0 radical (unpaired) electrons. The van der Waals surface area contributed by atoms with E-state index in [-0.39, 0.29) is 0 Å². The fourth-order valence-electron chi connectivity index (χ4n) is 2.20. The van der Waals surface area contributed by atoms with E-state index in [0.717, 1.165) is 19.6 Å². The molecule has 2 atom stereocenters. The molecule has 0 spiro atoms.